The van der Waals surface area contributed by atoms with Crippen LogP contribution in [0.5, 0.6) is 0 Å². The van der Waals surface area contributed by atoms with Crippen molar-refractivity contribution in [2.75, 3.05) is 17.6 Å². The van der Waals surface area contributed by atoms with Crippen LogP contribution in [0.3, 0.4) is 0 Å². The monoisotopic (exact) mass is 285 g/mol. The number of para-hydroxylation sites is 1. The van der Waals surface area contributed by atoms with Crippen LogP contribution in [0.2, 0.25) is 0 Å². The number of hydrogen-bond acceptors (Lipinski definition) is 6. The van der Waals surface area contributed by atoms with Gasteiger partial charge in [0.2, 0.25) is 5.95 Å². The number of hydrogen-bond donors (Lipinski definition) is 2. The number of aromatic nitrogens is 3. The number of fused-ring (bicyclic) bond motifs is 1. The lowest BCUT2D eigenvalue weighted by Gasteiger charge is -2.05. The number of nitrogens with zero attached hydrogens (tertiary/aromatic N) is 3. The average molecular weight is 285 g/mol. The van der Waals surface area contributed by atoms with Gasteiger partial charge in [0, 0.05) is 29.4 Å². The molecule has 3 N–H and O–H groups in total. The minimum Gasteiger partial charge on any atom is -0.375 e. The van der Waals surface area contributed by atoms with Crippen LogP contribution in [-0.4, -0.2) is 21.5 Å². The summed E-state index contributed by atoms with van der Waals surface area (Å²) in [5.41, 5.74) is 7.64. The Hall–Kier alpha value is -2.21. The van der Waals surface area contributed by atoms with Gasteiger partial charge in [-0.1, -0.05) is 18.2 Å². The molecule has 3 aromatic rings. The van der Waals surface area contributed by atoms with Crippen molar-refractivity contribution in [2.24, 2.45) is 0 Å². The van der Waals surface area contributed by atoms with Crippen molar-refractivity contribution in [1.29, 1.82) is 0 Å². The predicted molar refractivity (Wildman–Crippen MR) is 83.0 cm³/mol. The molecular weight excluding hydrogens is 270 g/mol. The second-order valence-electron chi connectivity index (χ2n) is 4.49. The van der Waals surface area contributed by atoms with Gasteiger partial charge in [-0.15, -0.1) is 11.3 Å². The van der Waals surface area contributed by atoms with Gasteiger partial charge >= 0.3 is 0 Å². The van der Waals surface area contributed by atoms with Crippen LogP contribution < -0.4 is 11.1 Å². The van der Waals surface area contributed by atoms with Crippen LogP contribution in [0.1, 0.15) is 10.6 Å². The third-order valence-electron chi connectivity index (χ3n) is 3.03. The maximum atomic E-state index is 5.69. The molecule has 5 nitrogen and oxygen atoms in total. The smallest absolute Gasteiger partial charge is 0.223 e. The van der Waals surface area contributed by atoms with Gasteiger partial charge in [-0.2, -0.15) is 0 Å². The highest BCUT2D eigenvalue weighted by Gasteiger charge is 2.05. The van der Waals surface area contributed by atoms with Crippen molar-refractivity contribution in [1.82, 2.24) is 15.0 Å². The summed E-state index contributed by atoms with van der Waals surface area (Å²) in [6.07, 6.45) is 2.71. The summed E-state index contributed by atoms with van der Waals surface area (Å²) in [6.45, 7) is 2.75. The van der Waals surface area contributed by atoms with E-state index in [1.165, 1.54) is 16.2 Å². The molecular formula is C14H15N5S. The van der Waals surface area contributed by atoms with E-state index in [1.54, 1.807) is 0 Å². The maximum Gasteiger partial charge on any atom is 0.223 e. The molecule has 0 aliphatic carbocycles. The minimum atomic E-state index is 0.624. The predicted octanol–water partition coefficient (Wildman–Crippen LogP) is 2.63. The van der Waals surface area contributed by atoms with Crippen molar-refractivity contribution >= 4 is 33.3 Å². The van der Waals surface area contributed by atoms with E-state index in [-0.39, 0.29) is 0 Å². The largest absolute Gasteiger partial charge is 0.375 e. The zero-order valence-electron chi connectivity index (χ0n) is 11.1. The van der Waals surface area contributed by atoms with Crippen molar-refractivity contribution in [3.8, 4) is 0 Å². The van der Waals surface area contributed by atoms with Crippen LogP contribution in [0.25, 0.3) is 10.9 Å². The first kappa shape index (κ1) is 12.8. The Balaban J connectivity index is 1.66. The fourth-order valence-corrected chi connectivity index (χ4v) is 2.86. The summed E-state index contributed by atoms with van der Waals surface area (Å²) < 4.78 is 0. The molecule has 0 radical (unpaired) electrons. The SMILES string of the molecule is Cc1nc(N)sc1CCNc1ncc2ccccc2n1. The van der Waals surface area contributed by atoms with Crippen LogP contribution in [0, 0.1) is 6.92 Å². The standard InChI is InChI=1S/C14H15N5S/c1-9-12(20-13(15)18-9)6-7-16-14-17-8-10-4-2-3-5-11(10)19-14/h2-5,8H,6-7H2,1H3,(H2,15,18)(H,16,17,19). The fraction of sp³-hybridized carbons (Fsp3) is 0.214. The Morgan fingerprint density at radius 3 is 2.90 bits per heavy atom. The summed E-state index contributed by atoms with van der Waals surface area (Å²) in [5, 5.41) is 4.91. The van der Waals surface area contributed by atoms with Gasteiger partial charge in [-0.05, 0) is 13.0 Å². The molecule has 0 fully saturated rings. The highest BCUT2D eigenvalue weighted by Crippen LogP contribution is 2.20. The molecule has 6 heteroatoms. The Kier molecular flexibility index (Phi) is 3.47. The molecule has 20 heavy (non-hydrogen) atoms. The highest BCUT2D eigenvalue weighted by atomic mass is 32.1. The number of nitrogen functional groups attached to an aromatic ring is 1. The number of rotatable bonds is 4. The lowest BCUT2D eigenvalue weighted by Crippen LogP contribution is -2.07. The van der Waals surface area contributed by atoms with E-state index in [2.05, 4.69) is 20.3 Å². The molecule has 0 spiro atoms. The van der Waals surface area contributed by atoms with Gasteiger partial charge in [0.1, 0.15) is 0 Å². The molecule has 2 heterocycles. The molecule has 3 rings (SSSR count). The van der Waals surface area contributed by atoms with E-state index in [1.807, 2.05) is 37.4 Å². The van der Waals surface area contributed by atoms with Crippen LogP contribution in [0.15, 0.2) is 30.5 Å². The second kappa shape index (κ2) is 5.42. The molecule has 0 aliphatic heterocycles. The second-order valence-corrected chi connectivity index (χ2v) is 5.61. The molecule has 0 bridgehead atoms. The first-order valence-electron chi connectivity index (χ1n) is 6.40. The maximum absolute atomic E-state index is 5.69. The summed E-state index contributed by atoms with van der Waals surface area (Å²) in [5.74, 6) is 0.652. The number of thiazole rings is 1. The zero-order valence-corrected chi connectivity index (χ0v) is 11.9. The first-order valence-corrected chi connectivity index (χ1v) is 7.21. The quantitative estimate of drug-likeness (QED) is 0.770. The summed E-state index contributed by atoms with van der Waals surface area (Å²) in [4.78, 5) is 14.2. The molecule has 0 amide bonds. The van der Waals surface area contributed by atoms with Crippen molar-refractivity contribution in [2.45, 2.75) is 13.3 Å². The summed E-state index contributed by atoms with van der Waals surface area (Å²) in [6, 6.07) is 7.94. The van der Waals surface area contributed by atoms with Gasteiger partial charge in [0.05, 0.1) is 11.2 Å². The number of aryl methyl sites for hydroxylation is 1. The van der Waals surface area contributed by atoms with E-state index < -0.39 is 0 Å². The Bertz CT molecular complexity index is 737. The third-order valence-corrected chi connectivity index (χ3v) is 4.08. The average Bonchev–Trinajstić information content (AvgIpc) is 2.77. The normalized spacial score (nSPS) is 10.8. The van der Waals surface area contributed by atoms with Gasteiger partial charge in [-0.3, -0.25) is 0 Å². The number of benzene rings is 1. The van der Waals surface area contributed by atoms with Crippen LogP contribution >= 0.6 is 11.3 Å². The Morgan fingerprint density at radius 1 is 1.25 bits per heavy atom. The molecule has 2 aromatic heterocycles. The van der Waals surface area contributed by atoms with E-state index >= 15 is 0 Å². The van der Waals surface area contributed by atoms with Gasteiger partial charge < -0.3 is 11.1 Å². The fourth-order valence-electron chi connectivity index (χ4n) is 2.03. The van der Waals surface area contributed by atoms with Crippen molar-refractivity contribution < 1.29 is 0 Å². The zero-order chi connectivity index (χ0) is 13.9. The van der Waals surface area contributed by atoms with E-state index in [0.29, 0.717) is 11.1 Å². The van der Waals surface area contributed by atoms with Crippen molar-refractivity contribution in [3.63, 3.8) is 0 Å². The van der Waals surface area contributed by atoms with Gasteiger partial charge in [-0.25, -0.2) is 15.0 Å². The lowest BCUT2D eigenvalue weighted by molar-refractivity contribution is 0.991. The molecule has 0 saturated carbocycles. The van der Waals surface area contributed by atoms with Crippen LogP contribution in [-0.2, 0) is 6.42 Å². The summed E-state index contributed by atoms with van der Waals surface area (Å²) >= 11 is 1.54. The minimum absolute atomic E-state index is 0.624. The molecule has 1 aromatic carbocycles. The van der Waals surface area contributed by atoms with E-state index in [9.17, 15) is 0 Å². The summed E-state index contributed by atoms with van der Waals surface area (Å²) in [7, 11) is 0. The third kappa shape index (κ3) is 2.70. The van der Waals surface area contributed by atoms with E-state index in [0.717, 1.165) is 29.6 Å². The number of nitrogens with one attached hydrogen (secondary N) is 1. The number of nitrogens with two attached hydrogens (primary N) is 1. The van der Waals surface area contributed by atoms with Gasteiger partial charge in [0.25, 0.3) is 0 Å². The van der Waals surface area contributed by atoms with E-state index in [4.69, 9.17) is 5.73 Å². The highest BCUT2D eigenvalue weighted by molar-refractivity contribution is 7.15. The molecule has 102 valence electrons. The lowest BCUT2D eigenvalue weighted by atomic mass is 10.2. The van der Waals surface area contributed by atoms with Crippen LogP contribution in [0.4, 0.5) is 11.1 Å². The van der Waals surface area contributed by atoms with Gasteiger partial charge in [0.15, 0.2) is 5.13 Å². The first-order chi connectivity index (χ1) is 9.72. The molecule has 0 unspecified atom stereocenters. The molecule has 0 saturated heterocycles. The Labute approximate surface area is 120 Å². The molecule has 0 atom stereocenters. The van der Waals surface area contributed by atoms with Crippen molar-refractivity contribution in [3.05, 3.63) is 41.0 Å². The Morgan fingerprint density at radius 2 is 2.10 bits per heavy atom. The number of anilines is 2. The molecule has 0 aliphatic rings. The topological polar surface area (TPSA) is 76.7 Å².